The van der Waals surface area contributed by atoms with Gasteiger partial charge in [-0.2, -0.15) is 0 Å². The van der Waals surface area contributed by atoms with E-state index in [1.165, 1.54) is 10.9 Å². The van der Waals surface area contributed by atoms with Crippen LogP contribution in [0.25, 0.3) is 11.0 Å². The predicted molar refractivity (Wildman–Crippen MR) is 87.4 cm³/mol. The molecule has 10 nitrogen and oxygen atoms in total. The van der Waals surface area contributed by atoms with Gasteiger partial charge in [0.15, 0.2) is 6.23 Å². The second kappa shape index (κ2) is 6.65. The van der Waals surface area contributed by atoms with Gasteiger partial charge in [0.2, 0.25) is 0 Å². The number of phosphoric ester groups is 1. The van der Waals surface area contributed by atoms with Crippen LogP contribution >= 0.6 is 7.82 Å². The molecule has 1 aromatic heterocycles. The number of fused-ring (bicyclic) bond motifs is 1. The molecule has 1 aromatic carbocycles. The van der Waals surface area contributed by atoms with Crippen LogP contribution in [0.5, 0.6) is 0 Å². The second-order valence-electron chi connectivity index (χ2n) is 5.84. The van der Waals surface area contributed by atoms with Crippen molar-refractivity contribution in [2.75, 3.05) is 12.3 Å². The predicted octanol–water partition coefficient (Wildman–Crippen LogP) is -0.0906. The molecule has 4 atom stereocenters. The normalized spacial score (nSPS) is 27.2. The fourth-order valence-corrected chi connectivity index (χ4v) is 3.28. The van der Waals surface area contributed by atoms with E-state index in [-0.39, 0.29) is 0 Å². The number of aryl methyl sites for hydroxylation is 1. The summed E-state index contributed by atoms with van der Waals surface area (Å²) in [6.07, 6.45) is -2.60. The monoisotopic (exact) mass is 373 g/mol. The van der Waals surface area contributed by atoms with Gasteiger partial charge in [0.25, 0.3) is 0 Å². The zero-order valence-electron chi connectivity index (χ0n) is 13.4. The Hall–Kier alpha value is -1.52. The molecule has 1 saturated heterocycles. The third-order valence-electron chi connectivity index (χ3n) is 4.27. The van der Waals surface area contributed by atoms with Gasteiger partial charge in [-0.15, -0.1) is 0 Å². The maximum Gasteiger partial charge on any atom is 0.469 e. The Kier molecular flexibility index (Phi) is 4.86. The number of hydrogen-bond donors (Lipinski definition) is 5. The summed E-state index contributed by atoms with van der Waals surface area (Å²) in [4.78, 5) is 21.8. The van der Waals surface area contributed by atoms with E-state index in [1.807, 2.05) is 13.0 Å². The molecule has 1 fully saturated rings. The van der Waals surface area contributed by atoms with Gasteiger partial charge in [0.05, 0.1) is 24.1 Å². The number of aromatic nitrogens is 2. The Morgan fingerprint density at radius 2 is 2.08 bits per heavy atom. The van der Waals surface area contributed by atoms with Crippen LogP contribution in [0.2, 0.25) is 0 Å². The van der Waals surface area contributed by atoms with E-state index in [2.05, 4.69) is 9.51 Å². The molecule has 0 amide bonds. The highest BCUT2D eigenvalue weighted by atomic mass is 31.2. The van der Waals surface area contributed by atoms with Crippen LogP contribution in [0.4, 0.5) is 5.69 Å². The summed E-state index contributed by atoms with van der Waals surface area (Å²) in [5, 5.41) is 20.3. The van der Waals surface area contributed by atoms with Crippen molar-refractivity contribution in [3.8, 4) is 0 Å². The molecular weight excluding hydrogens is 353 g/mol. The van der Waals surface area contributed by atoms with Crippen molar-refractivity contribution in [2.45, 2.75) is 37.9 Å². The molecule has 0 spiro atoms. The summed E-state index contributed by atoms with van der Waals surface area (Å²) in [6, 6.07) is 3.64. The summed E-state index contributed by atoms with van der Waals surface area (Å²) in [7, 11) is -4.71. The zero-order valence-corrected chi connectivity index (χ0v) is 14.3. The number of nitrogen functional groups attached to an aromatic ring is 1. The lowest BCUT2D eigenvalue weighted by atomic mass is 10.1. The first-order valence-electron chi connectivity index (χ1n) is 7.68. The average Bonchev–Trinajstić information content (AvgIpc) is 3.09. The largest absolute Gasteiger partial charge is 0.469 e. The molecule has 11 heteroatoms. The summed E-state index contributed by atoms with van der Waals surface area (Å²) < 4.78 is 22.2. The Balaban J connectivity index is 1.88. The van der Waals surface area contributed by atoms with Gasteiger partial charge in [-0.25, -0.2) is 9.55 Å². The number of anilines is 1. The molecule has 0 saturated carbocycles. The Morgan fingerprint density at radius 1 is 1.36 bits per heavy atom. The van der Waals surface area contributed by atoms with Crippen LogP contribution in [0.1, 0.15) is 18.7 Å². The fraction of sp³-hybridized carbons (Fsp3) is 0.500. The highest BCUT2D eigenvalue weighted by Crippen LogP contribution is 2.39. The number of aliphatic hydroxyl groups is 2. The van der Waals surface area contributed by atoms with Gasteiger partial charge in [-0.3, -0.25) is 4.52 Å². The first kappa shape index (κ1) is 18.3. The number of nitrogens with two attached hydrogens (primary N) is 1. The first-order chi connectivity index (χ1) is 11.7. The van der Waals surface area contributed by atoms with E-state index in [4.69, 9.17) is 20.3 Å². The van der Waals surface area contributed by atoms with Crippen LogP contribution in [0, 0.1) is 0 Å². The topological polar surface area (TPSA) is 160 Å². The number of benzene rings is 1. The number of aliphatic hydroxyl groups excluding tert-OH is 2. The molecule has 0 unspecified atom stereocenters. The number of rotatable bonds is 5. The second-order valence-corrected chi connectivity index (χ2v) is 7.08. The molecule has 25 heavy (non-hydrogen) atoms. The van der Waals surface area contributed by atoms with Crippen molar-refractivity contribution in [2.24, 2.45) is 0 Å². The Morgan fingerprint density at radius 3 is 2.72 bits per heavy atom. The molecule has 0 radical (unpaired) electrons. The molecule has 3 rings (SSSR count). The van der Waals surface area contributed by atoms with Crippen LogP contribution in [0.15, 0.2) is 18.5 Å². The minimum atomic E-state index is -4.71. The summed E-state index contributed by atoms with van der Waals surface area (Å²) in [6.45, 7) is 1.41. The quantitative estimate of drug-likeness (QED) is 0.356. The first-order valence-corrected chi connectivity index (χ1v) is 9.21. The van der Waals surface area contributed by atoms with Crippen molar-refractivity contribution < 1.29 is 33.8 Å². The Labute approximate surface area is 143 Å². The third kappa shape index (κ3) is 3.42. The van der Waals surface area contributed by atoms with Gasteiger partial charge >= 0.3 is 7.82 Å². The van der Waals surface area contributed by atoms with Crippen molar-refractivity contribution in [1.82, 2.24) is 9.55 Å². The number of nitrogens with zero attached hydrogens (tertiary/aromatic N) is 2. The van der Waals surface area contributed by atoms with Crippen molar-refractivity contribution >= 4 is 24.5 Å². The maximum absolute atomic E-state index is 10.8. The van der Waals surface area contributed by atoms with Gasteiger partial charge in [-0.05, 0) is 18.1 Å². The highest BCUT2D eigenvalue weighted by Gasteiger charge is 2.45. The maximum atomic E-state index is 10.8. The van der Waals surface area contributed by atoms with Crippen LogP contribution in [0.3, 0.4) is 0 Å². The van der Waals surface area contributed by atoms with Gasteiger partial charge in [-0.1, -0.05) is 13.0 Å². The van der Waals surface area contributed by atoms with E-state index >= 15 is 0 Å². The van der Waals surface area contributed by atoms with E-state index in [0.29, 0.717) is 16.7 Å². The van der Waals surface area contributed by atoms with E-state index in [1.54, 1.807) is 6.07 Å². The standard InChI is InChI=1S/C14H20N3O7P/c1-2-7-3-4-8-11(10(7)15)16-6-17(8)14-13(19)12(18)9(24-14)5-23-25(20,21)22/h3-4,6,9,12-14,18-19H,2,5,15H2,1H3,(H2,20,21,22)/t9-,12-,13-,14-/m1/s1. The van der Waals surface area contributed by atoms with Crippen LogP contribution in [-0.2, 0) is 20.2 Å². The smallest absolute Gasteiger partial charge is 0.397 e. The number of ether oxygens (including phenoxy) is 1. The highest BCUT2D eigenvalue weighted by molar-refractivity contribution is 7.46. The van der Waals surface area contributed by atoms with Crippen molar-refractivity contribution in [3.05, 3.63) is 24.0 Å². The van der Waals surface area contributed by atoms with Crippen molar-refractivity contribution in [3.63, 3.8) is 0 Å². The summed E-state index contributed by atoms with van der Waals surface area (Å²) >= 11 is 0. The molecule has 2 heterocycles. The van der Waals surface area contributed by atoms with E-state index in [9.17, 15) is 14.8 Å². The minimum absolute atomic E-state index is 0.535. The van der Waals surface area contributed by atoms with E-state index in [0.717, 1.165) is 12.0 Å². The van der Waals surface area contributed by atoms with Crippen molar-refractivity contribution in [1.29, 1.82) is 0 Å². The molecule has 0 aliphatic carbocycles. The zero-order chi connectivity index (χ0) is 18.4. The van der Waals surface area contributed by atoms with Crippen LogP contribution < -0.4 is 5.73 Å². The SMILES string of the molecule is CCc1ccc2c(ncn2[C@@H]2O[C@H](COP(=O)(O)O)[C@@H](O)[C@H]2O)c1N. The molecule has 1 aliphatic rings. The lowest BCUT2D eigenvalue weighted by molar-refractivity contribution is -0.0501. The number of imidazole rings is 1. The molecule has 1 aliphatic heterocycles. The number of phosphoric acid groups is 1. The molecule has 0 bridgehead atoms. The van der Waals surface area contributed by atoms with E-state index < -0.39 is 39.0 Å². The molecule has 6 N–H and O–H groups in total. The Bertz CT molecular complexity index is 820. The lowest BCUT2D eigenvalue weighted by Crippen LogP contribution is -2.33. The third-order valence-corrected chi connectivity index (χ3v) is 4.76. The summed E-state index contributed by atoms with van der Waals surface area (Å²) in [5.74, 6) is 0. The fourth-order valence-electron chi connectivity index (χ4n) is 2.94. The molecule has 2 aromatic rings. The lowest BCUT2D eigenvalue weighted by Gasteiger charge is -2.17. The number of hydrogen-bond acceptors (Lipinski definition) is 7. The summed E-state index contributed by atoms with van der Waals surface area (Å²) in [5.41, 5.74) is 8.74. The van der Waals surface area contributed by atoms with Crippen LogP contribution in [-0.4, -0.2) is 54.5 Å². The molecular formula is C14H20N3O7P. The average molecular weight is 373 g/mol. The molecule has 138 valence electrons. The van der Waals surface area contributed by atoms with Gasteiger partial charge in [0, 0.05) is 0 Å². The van der Waals surface area contributed by atoms with Gasteiger partial charge < -0.3 is 35.0 Å². The minimum Gasteiger partial charge on any atom is -0.397 e. The van der Waals surface area contributed by atoms with Gasteiger partial charge in [0.1, 0.15) is 23.8 Å².